The van der Waals surface area contributed by atoms with Crippen molar-refractivity contribution in [3.8, 4) is 0 Å². The number of nitrogens with zero attached hydrogens (tertiary/aromatic N) is 1. The molecule has 1 N–H and O–H groups in total. The number of sulfonamides is 1. The lowest BCUT2D eigenvalue weighted by atomic mass is 10.1. The van der Waals surface area contributed by atoms with Crippen molar-refractivity contribution in [3.63, 3.8) is 0 Å². The standard InChI is InChI=1S/C26H30N2O6S/c1-18-6-10-22(11-7-18)27-35(31,32)23-12-8-21(9-13-23)26(30)34-17-25(29)24-16-19(2)28(20(24)3)14-5-15-33-4/h6-13,16,27H,5,14-15,17H2,1-4H3. The van der Waals surface area contributed by atoms with E-state index in [1.807, 2.05) is 25.3 Å². The van der Waals surface area contributed by atoms with E-state index in [0.29, 0.717) is 17.9 Å². The number of esters is 1. The highest BCUT2D eigenvalue weighted by molar-refractivity contribution is 7.92. The Hall–Kier alpha value is -3.43. The van der Waals surface area contributed by atoms with Crippen LogP contribution < -0.4 is 4.72 Å². The molecule has 0 saturated heterocycles. The van der Waals surface area contributed by atoms with E-state index in [0.717, 1.165) is 29.9 Å². The Morgan fingerprint density at radius 2 is 1.63 bits per heavy atom. The van der Waals surface area contributed by atoms with Crippen LogP contribution >= 0.6 is 0 Å². The molecule has 0 atom stereocenters. The Kier molecular flexibility index (Phi) is 8.48. The molecule has 1 heterocycles. The van der Waals surface area contributed by atoms with Gasteiger partial charge in [-0.15, -0.1) is 0 Å². The highest BCUT2D eigenvalue weighted by atomic mass is 32.2. The van der Waals surface area contributed by atoms with Crippen molar-refractivity contribution in [3.05, 3.63) is 82.7 Å². The third kappa shape index (κ3) is 6.58. The van der Waals surface area contributed by atoms with Gasteiger partial charge in [0.25, 0.3) is 10.0 Å². The van der Waals surface area contributed by atoms with Crippen LogP contribution in [0.3, 0.4) is 0 Å². The monoisotopic (exact) mass is 498 g/mol. The quantitative estimate of drug-likeness (QED) is 0.240. The molecule has 0 bridgehead atoms. The van der Waals surface area contributed by atoms with E-state index in [-0.39, 0.29) is 16.2 Å². The fourth-order valence-electron chi connectivity index (χ4n) is 3.69. The summed E-state index contributed by atoms with van der Waals surface area (Å²) < 4.78 is 40.0. The predicted molar refractivity (Wildman–Crippen MR) is 133 cm³/mol. The number of rotatable bonds is 11. The number of hydrogen-bond acceptors (Lipinski definition) is 6. The van der Waals surface area contributed by atoms with Gasteiger partial charge in [0.05, 0.1) is 10.5 Å². The Bertz CT molecular complexity index is 1290. The number of anilines is 1. The maximum absolute atomic E-state index is 12.7. The lowest BCUT2D eigenvalue weighted by Crippen LogP contribution is -2.16. The minimum absolute atomic E-state index is 0.00612. The first kappa shape index (κ1) is 26.2. The van der Waals surface area contributed by atoms with Crippen molar-refractivity contribution in [2.75, 3.05) is 25.0 Å². The Morgan fingerprint density at radius 3 is 2.26 bits per heavy atom. The van der Waals surface area contributed by atoms with Gasteiger partial charge in [-0.1, -0.05) is 17.7 Å². The van der Waals surface area contributed by atoms with E-state index < -0.39 is 22.6 Å². The zero-order chi connectivity index (χ0) is 25.6. The smallest absolute Gasteiger partial charge is 0.338 e. The van der Waals surface area contributed by atoms with Crippen LogP contribution in [0.5, 0.6) is 0 Å². The Balaban J connectivity index is 1.61. The summed E-state index contributed by atoms with van der Waals surface area (Å²) in [6, 6.07) is 14.1. The van der Waals surface area contributed by atoms with E-state index >= 15 is 0 Å². The van der Waals surface area contributed by atoms with E-state index in [2.05, 4.69) is 4.72 Å². The van der Waals surface area contributed by atoms with Gasteiger partial charge in [0.2, 0.25) is 5.78 Å². The second kappa shape index (κ2) is 11.3. The molecule has 1 aromatic heterocycles. The van der Waals surface area contributed by atoms with Crippen molar-refractivity contribution in [1.82, 2.24) is 4.57 Å². The number of ether oxygens (including phenoxy) is 2. The van der Waals surface area contributed by atoms with Crippen LogP contribution in [0.1, 0.15) is 44.1 Å². The molecule has 0 fully saturated rings. The highest BCUT2D eigenvalue weighted by Gasteiger charge is 2.19. The molecule has 0 spiro atoms. The van der Waals surface area contributed by atoms with Gasteiger partial charge in [-0.2, -0.15) is 0 Å². The first-order valence-electron chi connectivity index (χ1n) is 11.2. The summed E-state index contributed by atoms with van der Waals surface area (Å²) in [5.41, 5.74) is 3.88. The van der Waals surface area contributed by atoms with Gasteiger partial charge in [0.15, 0.2) is 6.61 Å². The van der Waals surface area contributed by atoms with Gasteiger partial charge < -0.3 is 14.0 Å². The molecule has 0 radical (unpaired) electrons. The average molecular weight is 499 g/mol. The molecular weight excluding hydrogens is 468 g/mol. The molecule has 0 unspecified atom stereocenters. The number of ketones is 1. The number of aryl methyl sites for hydroxylation is 2. The van der Waals surface area contributed by atoms with E-state index in [1.54, 1.807) is 37.4 Å². The molecule has 0 aliphatic rings. The largest absolute Gasteiger partial charge is 0.454 e. The zero-order valence-corrected chi connectivity index (χ0v) is 21.1. The number of aromatic nitrogens is 1. The molecule has 0 saturated carbocycles. The normalized spacial score (nSPS) is 11.3. The maximum atomic E-state index is 12.7. The Morgan fingerprint density at radius 1 is 0.971 bits per heavy atom. The van der Waals surface area contributed by atoms with Gasteiger partial charge >= 0.3 is 5.97 Å². The lowest BCUT2D eigenvalue weighted by molar-refractivity contribution is 0.0474. The molecule has 186 valence electrons. The van der Waals surface area contributed by atoms with E-state index in [9.17, 15) is 18.0 Å². The lowest BCUT2D eigenvalue weighted by Gasteiger charge is -2.10. The van der Waals surface area contributed by atoms with Crippen LogP contribution in [0.25, 0.3) is 0 Å². The number of Topliss-reactive ketones (excluding diaryl/α,β-unsaturated/α-hetero) is 1. The minimum atomic E-state index is -3.81. The number of benzene rings is 2. The average Bonchev–Trinajstić information content (AvgIpc) is 3.12. The number of hydrogen-bond donors (Lipinski definition) is 1. The topological polar surface area (TPSA) is 104 Å². The first-order valence-corrected chi connectivity index (χ1v) is 12.7. The molecule has 8 nitrogen and oxygen atoms in total. The third-order valence-corrected chi connectivity index (χ3v) is 7.04. The maximum Gasteiger partial charge on any atom is 0.338 e. The highest BCUT2D eigenvalue weighted by Crippen LogP contribution is 2.19. The molecule has 0 amide bonds. The summed E-state index contributed by atoms with van der Waals surface area (Å²) in [7, 11) is -2.17. The van der Waals surface area contributed by atoms with Gasteiger partial charge in [-0.05, 0) is 69.7 Å². The van der Waals surface area contributed by atoms with Crippen LogP contribution in [0.2, 0.25) is 0 Å². The number of nitrogens with one attached hydrogen (secondary N) is 1. The number of carbonyl (C=O) groups excluding carboxylic acids is 2. The molecule has 0 aliphatic heterocycles. The molecule has 9 heteroatoms. The molecule has 0 aliphatic carbocycles. The van der Waals surface area contributed by atoms with E-state index in [4.69, 9.17) is 9.47 Å². The van der Waals surface area contributed by atoms with Crippen LogP contribution in [0, 0.1) is 20.8 Å². The third-order valence-electron chi connectivity index (χ3n) is 5.64. The SMILES string of the molecule is COCCCn1c(C)cc(C(=O)COC(=O)c2ccc(S(=O)(=O)Nc3ccc(C)cc3)cc2)c1C. The minimum Gasteiger partial charge on any atom is -0.454 e. The van der Waals surface area contributed by atoms with Gasteiger partial charge in [-0.25, -0.2) is 13.2 Å². The summed E-state index contributed by atoms with van der Waals surface area (Å²) in [5.74, 6) is -1.01. The summed E-state index contributed by atoms with van der Waals surface area (Å²) in [4.78, 5) is 25.1. The zero-order valence-electron chi connectivity index (χ0n) is 20.3. The van der Waals surface area contributed by atoms with Crippen molar-refractivity contribution in [2.45, 2.75) is 38.6 Å². The van der Waals surface area contributed by atoms with Crippen molar-refractivity contribution in [2.24, 2.45) is 0 Å². The summed E-state index contributed by atoms with van der Waals surface area (Å²) in [5, 5.41) is 0. The van der Waals surface area contributed by atoms with Crippen LogP contribution in [0.4, 0.5) is 5.69 Å². The molecule has 3 aromatic rings. The van der Waals surface area contributed by atoms with Crippen LogP contribution in [-0.4, -0.2) is 45.1 Å². The van der Waals surface area contributed by atoms with Crippen molar-refractivity contribution in [1.29, 1.82) is 0 Å². The summed E-state index contributed by atoms with van der Waals surface area (Å²) >= 11 is 0. The van der Waals surface area contributed by atoms with E-state index in [1.165, 1.54) is 24.3 Å². The molecular formula is C26H30N2O6S. The van der Waals surface area contributed by atoms with Crippen LogP contribution in [-0.2, 0) is 26.0 Å². The van der Waals surface area contributed by atoms with Crippen molar-refractivity contribution < 1.29 is 27.5 Å². The second-order valence-corrected chi connectivity index (χ2v) is 9.96. The molecule has 3 rings (SSSR count). The van der Waals surface area contributed by atoms with Gasteiger partial charge in [0, 0.05) is 42.9 Å². The Labute approximate surface area is 205 Å². The number of carbonyl (C=O) groups is 2. The van der Waals surface area contributed by atoms with Crippen molar-refractivity contribution >= 4 is 27.5 Å². The summed E-state index contributed by atoms with van der Waals surface area (Å²) in [6.07, 6.45) is 0.821. The fourth-order valence-corrected chi connectivity index (χ4v) is 4.75. The number of methoxy groups -OCH3 is 1. The first-order chi connectivity index (χ1) is 16.6. The fraction of sp³-hybridized carbons (Fsp3) is 0.308. The van der Waals surface area contributed by atoms with Gasteiger partial charge in [0.1, 0.15) is 0 Å². The molecule has 2 aromatic carbocycles. The summed E-state index contributed by atoms with van der Waals surface area (Å²) in [6.45, 7) is 6.64. The molecule has 35 heavy (non-hydrogen) atoms. The predicted octanol–water partition coefficient (Wildman–Crippen LogP) is 4.29. The van der Waals surface area contributed by atoms with Gasteiger partial charge in [-0.3, -0.25) is 9.52 Å². The van der Waals surface area contributed by atoms with Crippen LogP contribution in [0.15, 0.2) is 59.5 Å². The second-order valence-electron chi connectivity index (χ2n) is 8.28.